The van der Waals surface area contributed by atoms with Crippen molar-refractivity contribution in [3.05, 3.63) is 506 Å². The van der Waals surface area contributed by atoms with Crippen LogP contribution in [0.15, 0.2) is 461 Å². The normalized spacial score (nSPS) is 11.8. The second-order valence-electron chi connectivity index (χ2n) is 41.6. The standard InChI is InChI=1S/C48H44N2.C46H40N2.C44H36N2/c1-47(2,3)35-22-26-39(27-23-35)49(37-16-9-7-10-17-37)43-32-44(42-31-21-34-15-13-14-33-20-30-41(43)46(42)45(33)34)50(38-18-11-8-12-19-38)40-28-24-36(25-29-40)48(4,5)6;1-31(2)33-18-24-39(25-19-33)47(37-14-7-5-8-15-37)43-30-44(42-29-23-36-13-11-12-35-22-28-41(43)46(42)45(35)36)48(38-16-9-6-10-17-38)40-26-20-34(21-27-40)32(3)4;1-29-8-18-35(19-9-29)45(36-20-10-30(2)11-21-36)41-28-42(40-27-17-34-7-5-6-33-16-26-39(41)44(40)43(33)34)46(37-22-12-31(3)13-23-37)38-24-14-32(4)15-25-38/h7-32H,1-6H3;5-32H,1-4H3;5-28H,1-4H3. The van der Waals surface area contributed by atoms with Gasteiger partial charge in [0.15, 0.2) is 0 Å². The summed E-state index contributed by atoms with van der Waals surface area (Å²) in [5.74, 6) is 0.929. The minimum Gasteiger partial charge on any atom is -0.310 e. The topological polar surface area (TPSA) is 19.4 Å². The second kappa shape index (κ2) is 38.3. The van der Waals surface area contributed by atoms with Gasteiger partial charge in [0.2, 0.25) is 0 Å². The van der Waals surface area contributed by atoms with E-state index in [0.29, 0.717) is 11.8 Å². The first-order valence-electron chi connectivity index (χ1n) is 50.8. The van der Waals surface area contributed by atoms with Gasteiger partial charge >= 0.3 is 0 Å². The quantitative estimate of drug-likeness (QED) is 0.0704. The van der Waals surface area contributed by atoms with Gasteiger partial charge in [-0.15, -0.1) is 0 Å². The zero-order valence-corrected chi connectivity index (χ0v) is 84.7. The molecule has 0 aliphatic rings. The number of anilines is 18. The van der Waals surface area contributed by atoms with Gasteiger partial charge in [0, 0.05) is 117 Å². The lowest BCUT2D eigenvalue weighted by Crippen LogP contribution is -2.16. The van der Waals surface area contributed by atoms with Crippen molar-refractivity contribution in [3.63, 3.8) is 0 Å². The highest BCUT2D eigenvalue weighted by atomic mass is 15.2. The van der Waals surface area contributed by atoms with Crippen molar-refractivity contribution < 1.29 is 0 Å². The van der Waals surface area contributed by atoms with Crippen LogP contribution in [-0.4, -0.2) is 0 Å². The fourth-order valence-corrected chi connectivity index (χ4v) is 21.4. The average Bonchev–Trinajstić information content (AvgIpc) is 0.721. The average molecular weight is 1860 g/mol. The van der Waals surface area contributed by atoms with E-state index in [1.165, 1.54) is 141 Å². The molecule has 0 aliphatic heterocycles. The molecule has 0 aromatic heterocycles. The lowest BCUT2D eigenvalue weighted by molar-refractivity contribution is 0.590. The maximum absolute atomic E-state index is 2.44. The third kappa shape index (κ3) is 17.6. The van der Waals surface area contributed by atoms with Crippen LogP contribution in [0.25, 0.3) is 97.0 Å². The summed E-state index contributed by atoms with van der Waals surface area (Å²) in [6.45, 7) is 31.2. The molecule has 144 heavy (non-hydrogen) atoms. The molecule has 0 heterocycles. The first-order valence-corrected chi connectivity index (χ1v) is 50.8. The Balaban J connectivity index is 0.000000123. The summed E-state index contributed by atoms with van der Waals surface area (Å²) >= 11 is 0. The molecule has 0 aliphatic carbocycles. The van der Waals surface area contributed by atoms with E-state index in [2.05, 4.69) is 587 Å². The van der Waals surface area contributed by atoms with Crippen LogP contribution >= 0.6 is 0 Å². The van der Waals surface area contributed by atoms with E-state index in [-0.39, 0.29) is 10.8 Å². The van der Waals surface area contributed by atoms with Gasteiger partial charge in [0.05, 0.1) is 34.1 Å². The van der Waals surface area contributed by atoms with Crippen LogP contribution in [0.5, 0.6) is 0 Å². The number of aryl methyl sites for hydroxylation is 4. The van der Waals surface area contributed by atoms with Crippen LogP contribution in [-0.2, 0) is 10.8 Å². The van der Waals surface area contributed by atoms with Crippen LogP contribution in [0.3, 0.4) is 0 Å². The van der Waals surface area contributed by atoms with E-state index in [1.807, 2.05) is 0 Å². The third-order valence-corrected chi connectivity index (χ3v) is 29.1. The van der Waals surface area contributed by atoms with Crippen molar-refractivity contribution >= 4 is 199 Å². The predicted octanol–water partition coefficient (Wildman–Crippen LogP) is 40.6. The smallest absolute Gasteiger partial charge is 0.0561 e. The zero-order valence-electron chi connectivity index (χ0n) is 84.7. The molecule has 6 nitrogen and oxygen atoms in total. The Morgan fingerprint density at radius 1 is 0.160 bits per heavy atom. The summed E-state index contributed by atoms with van der Waals surface area (Å²) in [5, 5.41) is 22.7. The van der Waals surface area contributed by atoms with Crippen molar-refractivity contribution in [2.45, 2.75) is 120 Å². The molecule has 0 saturated heterocycles. The molecule has 0 radical (unpaired) electrons. The van der Waals surface area contributed by atoms with E-state index in [9.17, 15) is 0 Å². The van der Waals surface area contributed by atoms with Gasteiger partial charge < -0.3 is 29.4 Å². The van der Waals surface area contributed by atoms with Crippen LogP contribution in [0.2, 0.25) is 0 Å². The highest BCUT2D eigenvalue weighted by Gasteiger charge is 2.31. The van der Waals surface area contributed by atoms with Gasteiger partial charge in [-0.3, -0.25) is 0 Å². The number of nitrogens with zero attached hydrogens (tertiary/aromatic N) is 6. The largest absolute Gasteiger partial charge is 0.310 e. The summed E-state index contributed by atoms with van der Waals surface area (Å²) in [4.78, 5) is 14.6. The summed E-state index contributed by atoms with van der Waals surface area (Å²) in [5.41, 5.74) is 30.9. The molecule has 0 bridgehead atoms. The van der Waals surface area contributed by atoms with Gasteiger partial charge in [0.25, 0.3) is 0 Å². The Hall–Kier alpha value is -16.8. The summed E-state index contributed by atoms with van der Waals surface area (Å²) in [7, 11) is 0. The van der Waals surface area contributed by atoms with E-state index in [4.69, 9.17) is 0 Å². The predicted molar refractivity (Wildman–Crippen MR) is 623 cm³/mol. The van der Waals surface area contributed by atoms with Crippen LogP contribution in [0.4, 0.5) is 102 Å². The molecule has 6 heteroatoms. The van der Waals surface area contributed by atoms with Gasteiger partial charge in [-0.2, -0.15) is 0 Å². The lowest BCUT2D eigenvalue weighted by Gasteiger charge is -2.33. The van der Waals surface area contributed by atoms with Crippen LogP contribution in [0, 0.1) is 27.7 Å². The second-order valence-corrected chi connectivity index (χ2v) is 41.6. The number of hydrogen-bond acceptors (Lipinski definition) is 6. The molecule has 702 valence electrons. The number of benzene rings is 24. The minimum absolute atomic E-state index is 0.0645. The van der Waals surface area contributed by atoms with Crippen LogP contribution in [0.1, 0.15) is 126 Å². The Morgan fingerprint density at radius 2 is 0.326 bits per heavy atom. The molecule has 0 fully saturated rings. The summed E-state index contributed by atoms with van der Waals surface area (Å²) in [6, 6.07) is 170. The van der Waals surface area contributed by atoms with E-state index in [1.54, 1.807) is 0 Å². The Kier molecular flexibility index (Phi) is 24.5. The Labute approximate surface area is 847 Å². The van der Waals surface area contributed by atoms with Gasteiger partial charge in [-0.25, -0.2) is 0 Å². The monoisotopic (exact) mass is 1860 g/mol. The number of para-hydroxylation sites is 4. The summed E-state index contributed by atoms with van der Waals surface area (Å²) in [6.07, 6.45) is 0. The Morgan fingerprint density at radius 3 is 0.500 bits per heavy atom. The third-order valence-electron chi connectivity index (χ3n) is 29.1. The van der Waals surface area contributed by atoms with Gasteiger partial charge in [-0.05, 0) is 285 Å². The maximum atomic E-state index is 2.44. The van der Waals surface area contributed by atoms with E-state index < -0.39 is 0 Å². The molecule has 0 unspecified atom stereocenters. The highest BCUT2D eigenvalue weighted by Crippen LogP contribution is 2.56. The van der Waals surface area contributed by atoms with Crippen LogP contribution < -0.4 is 29.4 Å². The van der Waals surface area contributed by atoms with E-state index >= 15 is 0 Å². The molecule has 24 aromatic carbocycles. The maximum Gasteiger partial charge on any atom is 0.0561 e. The molecule has 24 aromatic rings. The molecule has 0 amide bonds. The molecular formula is C138H120N6. The van der Waals surface area contributed by atoms with Crippen molar-refractivity contribution in [3.8, 4) is 0 Å². The number of hydrogen-bond donors (Lipinski definition) is 0. The molecule has 0 spiro atoms. The van der Waals surface area contributed by atoms with Crippen molar-refractivity contribution in [2.75, 3.05) is 29.4 Å². The fourth-order valence-electron chi connectivity index (χ4n) is 21.4. The van der Waals surface area contributed by atoms with Gasteiger partial charge in [0.1, 0.15) is 0 Å². The minimum atomic E-state index is 0.0645. The Bertz CT molecular complexity index is 8100. The highest BCUT2D eigenvalue weighted by molar-refractivity contribution is 6.32. The molecule has 0 N–H and O–H groups in total. The van der Waals surface area contributed by atoms with E-state index in [0.717, 1.165) is 102 Å². The lowest BCUT2D eigenvalue weighted by atomic mass is 9.87. The summed E-state index contributed by atoms with van der Waals surface area (Å²) < 4.78 is 0. The SMILES string of the molecule is CC(C)(C)c1ccc(N(c2ccccc2)c2cc(N(c3ccccc3)c3ccc(C(C)(C)C)cc3)c3ccc4cccc5ccc2c3c54)cc1.CC(C)c1ccc(N(c2ccccc2)c2cc(N(c3ccccc3)c3ccc(C(C)C)cc3)c3ccc4cccc5ccc2c3c54)cc1.Cc1ccc(N(c2ccc(C)cc2)c2cc(N(c3ccc(C)cc3)c3ccc(C)cc3)c3ccc4cccc5ccc2c3c54)cc1. The first-order chi connectivity index (χ1) is 70.0. The van der Waals surface area contributed by atoms with Gasteiger partial charge in [-0.1, -0.05) is 389 Å². The van der Waals surface area contributed by atoms with Crippen molar-refractivity contribution in [1.82, 2.24) is 0 Å². The molecular weight excluding hydrogens is 1740 g/mol. The molecule has 0 atom stereocenters. The zero-order chi connectivity index (χ0) is 98.8. The molecule has 0 saturated carbocycles. The van der Waals surface area contributed by atoms with Crippen molar-refractivity contribution in [1.29, 1.82) is 0 Å². The number of rotatable bonds is 20. The van der Waals surface area contributed by atoms with Crippen molar-refractivity contribution in [2.24, 2.45) is 0 Å². The first kappa shape index (κ1) is 92.2. The molecule has 24 rings (SSSR count). The fraction of sp³-hybridized carbons (Fsp3) is 0.130.